The predicted molar refractivity (Wildman–Crippen MR) is 42.5 cm³/mol. The number of nitrogens with zero attached hydrogens (tertiary/aromatic N) is 1. The van der Waals surface area contributed by atoms with Crippen LogP contribution in [0.25, 0.3) is 0 Å². The smallest absolute Gasteiger partial charge is 0.262 e. The lowest BCUT2D eigenvalue weighted by Crippen LogP contribution is -2.35. The molecule has 1 rings (SSSR count). The van der Waals surface area contributed by atoms with Crippen LogP contribution >= 0.6 is 0 Å². The Bertz CT molecular complexity index is 163. The number of methoxy groups -OCH3 is 1. The summed E-state index contributed by atoms with van der Waals surface area (Å²) in [5.41, 5.74) is 0. The first-order chi connectivity index (χ1) is 5.46. The van der Waals surface area contributed by atoms with Gasteiger partial charge >= 0.3 is 0 Å². The monoisotopic (exact) mass is 179 g/mol. The highest BCUT2D eigenvalue weighted by molar-refractivity contribution is 4.91. The number of likely N-dealkylation sites (N-methyl/N-ethyl adjacent to an activating group) is 1. The molecule has 0 bridgehead atoms. The largest absolute Gasteiger partial charge is 0.380 e. The molecular weight excluding hydrogens is 164 g/mol. The topological polar surface area (TPSA) is 12.5 Å². The molecular formula is C8H15F2NO. The average Bonchev–Trinajstić information content (AvgIpc) is 2.23. The summed E-state index contributed by atoms with van der Waals surface area (Å²) in [5.74, 6) is -2.54. The highest BCUT2D eigenvalue weighted by Gasteiger charge is 2.45. The summed E-state index contributed by atoms with van der Waals surface area (Å²) >= 11 is 0. The molecule has 1 saturated heterocycles. The van der Waals surface area contributed by atoms with E-state index in [-0.39, 0.29) is 25.1 Å². The molecule has 2 atom stereocenters. The van der Waals surface area contributed by atoms with Crippen molar-refractivity contribution in [2.75, 3.05) is 20.7 Å². The highest BCUT2D eigenvalue weighted by atomic mass is 19.3. The van der Waals surface area contributed by atoms with Crippen LogP contribution in [0.3, 0.4) is 0 Å². The fourth-order valence-corrected chi connectivity index (χ4v) is 1.69. The van der Waals surface area contributed by atoms with Gasteiger partial charge in [-0.3, -0.25) is 4.90 Å². The first-order valence-electron chi connectivity index (χ1n) is 4.07. The van der Waals surface area contributed by atoms with Gasteiger partial charge in [0.05, 0.1) is 12.6 Å². The molecule has 0 unspecified atom stereocenters. The van der Waals surface area contributed by atoms with E-state index < -0.39 is 5.92 Å². The van der Waals surface area contributed by atoms with E-state index in [1.807, 2.05) is 6.92 Å². The second-order valence-corrected chi connectivity index (χ2v) is 3.48. The first-order valence-corrected chi connectivity index (χ1v) is 4.07. The maximum Gasteiger partial charge on any atom is 0.262 e. The fourth-order valence-electron chi connectivity index (χ4n) is 1.69. The molecule has 0 saturated carbocycles. The van der Waals surface area contributed by atoms with Crippen molar-refractivity contribution in [2.24, 2.45) is 0 Å². The molecule has 4 heteroatoms. The summed E-state index contributed by atoms with van der Waals surface area (Å²) < 4.78 is 30.7. The van der Waals surface area contributed by atoms with Crippen LogP contribution in [0.5, 0.6) is 0 Å². The fraction of sp³-hybridized carbons (Fsp3) is 1.00. The van der Waals surface area contributed by atoms with Gasteiger partial charge in [0.15, 0.2) is 0 Å². The summed E-state index contributed by atoms with van der Waals surface area (Å²) in [7, 11) is 3.26. The molecule has 0 spiro atoms. The van der Waals surface area contributed by atoms with Gasteiger partial charge < -0.3 is 4.74 Å². The third kappa shape index (κ3) is 1.93. The van der Waals surface area contributed by atoms with Crippen LogP contribution in [0.4, 0.5) is 8.78 Å². The standard InChI is InChI=1S/C8H15F2NO/c1-6(12-3)7-4-8(9,10)5-11(7)2/h6-7H,4-5H2,1-3H3/t6-,7-/m0/s1. The number of alkyl halides is 2. The molecule has 2 nitrogen and oxygen atoms in total. The predicted octanol–water partition coefficient (Wildman–Crippen LogP) is 1.36. The van der Waals surface area contributed by atoms with Crippen LogP contribution in [0.15, 0.2) is 0 Å². The molecule has 0 radical (unpaired) electrons. The van der Waals surface area contributed by atoms with Gasteiger partial charge in [0.1, 0.15) is 0 Å². The van der Waals surface area contributed by atoms with Crippen molar-refractivity contribution < 1.29 is 13.5 Å². The molecule has 0 aromatic heterocycles. The van der Waals surface area contributed by atoms with Gasteiger partial charge in [0.2, 0.25) is 0 Å². The maximum atomic E-state index is 12.8. The number of hydrogen-bond donors (Lipinski definition) is 0. The van der Waals surface area contributed by atoms with Crippen molar-refractivity contribution in [3.8, 4) is 0 Å². The van der Waals surface area contributed by atoms with Crippen LogP contribution < -0.4 is 0 Å². The highest BCUT2D eigenvalue weighted by Crippen LogP contribution is 2.32. The van der Waals surface area contributed by atoms with E-state index in [0.717, 1.165) is 0 Å². The Kier molecular flexibility index (Phi) is 2.68. The van der Waals surface area contributed by atoms with Crippen molar-refractivity contribution in [1.82, 2.24) is 4.90 Å². The van der Waals surface area contributed by atoms with Crippen molar-refractivity contribution in [1.29, 1.82) is 0 Å². The zero-order valence-corrected chi connectivity index (χ0v) is 7.68. The van der Waals surface area contributed by atoms with Gasteiger partial charge in [0, 0.05) is 19.6 Å². The normalized spacial score (nSPS) is 32.2. The summed E-state index contributed by atoms with van der Waals surface area (Å²) in [4.78, 5) is 1.66. The Labute approximate surface area is 71.5 Å². The third-order valence-electron chi connectivity index (χ3n) is 2.47. The molecule has 0 aromatic carbocycles. The van der Waals surface area contributed by atoms with Crippen molar-refractivity contribution >= 4 is 0 Å². The quantitative estimate of drug-likeness (QED) is 0.634. The number of ether oxygens (including phenoxy) is 1. The lowest BCUT2D eigenvalue weighted by molar-refractivity contribution is 0.0106. The van der Waals surface area contributed by atoms with E-state index in [2.05, 4.69) is 0 Å². The lowest BCUT2D eigenvalue weighted by Gasteiger charge is -2.23. The molecule has 0 aromatic rings. The van der Waals surface area contributed by atoms with E-state index in [1.165, 1.54) is 0 Å². The van der Waals surface area contributed by atoms with Crippen LogP contribution in [-0.2, 0) is 4.74 Å². The van der Waals surface area contributed by atoms with Gasteiger partial charge in [-0.05, 0) is 14.0 Å². The number of likely N-dealkylation sites (tertiary alicyclic amines) is 1. The molecule has 0 aliphatic carbocycles. The van der Waals surface area contributed by atoms with Crippen LogP contribution in [-0.4, -0.2) is 43.7 Å². The second-order valence-electron chi connectivity index (χ2n) is 3.48. The number of halogens is 2. The first kappa shape index (κ1) is 9.86. The molecule has 12 heavy (non-hydrogen) atoms. The minimum absolute atomic E-state index is 0.0848. The van der Waals surface area contributed by atoms with Crippen LogP contribution in [0.2, 0.25) is 0 Å². The SMILES string of the molecule is CO[C@@H](C)[C@@H]1CC(F)(F)CN1C. The van der Waals surface area contributed by atoms with E-state index in [4.69, 9.17) is 4.74 Å². The van der Waals surface area contributed by atoms with Crippen molar-refractivity contribution in [2.45, 2.75) is 31.4 Å². The Morgan fingerprint density at radius 1 is 1.58 bits per heavy atom. The van der Waals surface area contributed by atoms with E-state index in [1.54, 1.807) is 19.1 Å². The molecule has 0 N–H and O–H groups in total. The Hall–Kier alpha value is -0.220. The van der Waals surface area contributed by atoms with E-state index >= 15 is 0 Å². The minimum Gasteiger partial charge on any atom is -0.380 e. The van der Waals surface area contributed by atoms with Gasteiger partial charge in [0.25, 0.3) is 5.92 Å². The zero-order valence-electron chi connectivity index (χ0n) is 7.68. The Balaban J connectivity index is 2.57. The van der Waals surface area contributed by atoms with Crippen molar-refractivity contribution in [3.05, 3.63) is 0 Å². The van der Waals surface area contributed by atoms with Gasteiger partial charge in [-0.15, -0.1) is 0 Å². The van der Waals surface area contributed by atoms with Crippen LogP contribution in [0.1, 0.15) is 13.3 Å². The van der Waals surface area contributed by atoms with Crippen molar-refractivity contribution in [3.63, 3.8) is 0 Å². The minimum atomic E-state index is -2.54. The maximum absolute atomic E-state index is 12.8. The average molecular weight is 179 g/mol. The molecule has 1 heterocycles. The molecule has 72 valence electrons. The molecule has 1 aliphatic heterocycles. The zero-order chi connectivity index (χ0) is 9.35. The van der Waals surface area contributed by atoms with Gasteiger partial charge in [-0.25, -0.2) is 8.78 Å². The molecule has 1 fully saturated rings. The van der Waals surface area contributed by atoms with Gasteiger partial charge in [-0.1, -0.05) is 0 Å². The van der Waals surface area contributed by atoms with E-state index in [0.29, 0.717) is 0 Å². The molecule has 1 aliphatic rings. The second kappa shape index (κ2) is 3.26. The summed E-state index contributed by atoms with van der Waals surface area (Å²) in [6.07, 6.45) is -0.207. The van der Waals surface area contributed by atoms with Crippen LogP contribution in [0, 0.1) is 0 Å². The number of rotatable bonds is 2. The van der Waals surface area contributed by atoms with E-state index in [9.17, 15) is 8.78 Å². The number of hydrogen-bond acceptors (Lipinski definition) is 2. The van der Waals surface area contributed by atoms with Gasteiger partial charge in [-0.2, -0.15) is 0 Å². The Morgan fingerprint density at radius 2 is 2.17 bits per heavy atom. The summed E-state index contributed by atoms with van der Waals surface area (Å²) in [6.45, 7) is 1.67. The Morgan fingerprint density at radius 3 is 2.50 bits per heavy atom. The summed E-state index contributed by atoms with van der Waals surface area (Å²) in [5, 5.41) is 0. The lowest BCUT2D eigenvalue weighted by atomic mass is 10.1. The third-order valence-corrected chi connectivity index (χ3v) is 2.47. The summed E-state index contributed by atoms with van der Waals surface area (Å²) in [6, 6.07) is -0.148. The molecule has 0 amide bonds.